The molecule has 1 aromatic rings. The van der Waals surface area contributed by atoms with Crippen molar-refractivity contribution in [3.8, 4) is 0 Å². The molecule has 0 heterocycles. The Morgan fingerprint density at radius 2 is 1.75 bits per heavy atom. The van der Waals surface area contributed by atoms with Gasteiger partial charge in [-0.2, -0.15) is 0 Å². The van der Waals surface area contributed by atoms with E-state index in [0.717, 1.165) is 16.2 Å². The lowest BCUT2D eigenvalue weighted by molar-refractivity contribution is 0.282. The van der Waals surface area contributed by atoms with Crippen molar-refractivity contribution in [3.63, 3.8) is 0 Å². The lowest BCUT2D eigenvalue weighted by atomic mass is 10.2. The quantitative estimate of drug-likeness (QED) is 0.692. The number of thioether (sulfide) groups is 1. The molecule has 3 heteroatoms. The SMILES string of the molecule is OCCSc1ccc(CO)cc1. The summed E-state index contributed by atoms with van der Waals surface area (Å²) >= 11 is 1.61. The Morgan fingerprint density at radius 3 is 2.25 bits per heavy atom. The molecule has 12 heavy (non-hydrogen) atoms. The van der Waals surface area contributed by atoms with Crippen LogP contribution in [0.1, 0.15) is 5.56 Å². The number of hydrogen-bond donors (Lipinski definition) is 2. The predicted molar refractivity (Wildman–Crippen MR) is 50.2 cm³/mol. The van der Waals surface area contributed by atoms with Crippen molar-refractivity contribution in [2.24, 2.45) is 0 Å². The van der Waals surface area contributed by atoms with Crippen molar-refractivity contribution in [1.82, 2.24) is 0 Å². The van der Waals surface area contributed by atoms with Crippen LogP contribution in [0.2, 0.25) is 0 Å². The molecule has 0 bridgehead atoms. The molecule has 0 aliphatic heterocycles. The van der Waals surface area contributed by atoms with Crippen molar-refractivity contribution in [3.05, 3.63) is 29.8 Å². The lowest BCUT2D eigenvalue weighted by Crippen LogP contribution is -1.86. The fourth-order valence-corrected chi connectivity index (χ4v) is 1.51. The van der Waals surface area contributed by atoms with Crippen molar-refractivity contribution in [2.75, 3.05) is 12.4 Å². The van der Waals surface area contributed by atoms with E-state index in [4.69, 9.17) is 10.2 Å². The minimum absolute atomic E-state index is 0.0882. The average Bonchev–Trinajstić information content (AvgIpc) is 2.15. The molecular weight excluding hydrogens is 172 g/mol. The Hall–Kier alpha value is -0.510. The molecule has 0 saturated carbocycles. The van der Waals surface area contributed by atoms with Crippen molar-refractivity contribution in [2.45, 2.75) is 11.5 Å². The third-order valence-corrected chi connectivity index (χ3v) is 2.46. The van der Waals surface area contributed by atoms with Crippen LogP contribution in [-0.4, -0.2) is 22.6 Å². The summed E-state index contributed by atoms with van der Waals surface area (Å²) in [6, 6.07) is 7.68. The predicted octanol–water partition coefficient (Wildman–Crippen LogP) is 1.26. The molecule has 0 aromatic heterocycles. The van der Waals surface area contributed by atoms with E-state index in [1.165, 1.54) is 0 Å². The fraction of sp³-hybridized carbons (Fsp3) is 0.333. The number of aliphatic hydroxyl groups excluding tert-OH is 2. The van der Waals surface area contributed by atoms with E-state index in [1.807, 2.05) is 24.3 Å². The average molecular weight is 184 g/mol. The van der Waals surface area contributed by atoms with Gasteiger partial charge in [-0.15, -0.1) is 11.8 Å². The van der Waals surface area contributed by atoms with Crippen molar-refractivity contribution >= 4 is 11.8 Å². The van der Waals surface area contributed by atoms with Crippen LogP contribution in [-0.2, 0) is 6.61 Å². The first-order chi connectivity index (χ1) is 5.86. The van der Waals surface area contributed by atoms with Gasteiger partial charge in [-0.25, -0.2) is 0 Å². The maximum Gasteiger partial charge on any atom is 0.0681 e. The molecule has 0 aliphatic carbocycles. The van der Waals surface area contributed by atoms with Gasteiger partial charge in [0.2, 0.25) is 0 Å². The zero-order chi connectivity index (χ0) is 8.81. The number of rotatable bonds is 4. The second kappa shape index (κ2) is 5.19. The zero-order valence-electron chi connectivity index (χ0n) is 6.73. The smallest absolute Gasteiger partial charge is 0.0681 e. The summed E-state index contributed by atoms with van der Waals surface area (Å²) in [6.45, 7) is 0.289. The Balaban J connectivity index is 2.53. The van der Waals surface area contributed by atoms with E-state index in [-0.39, 0.29) is 13.2 Å². The fourth-order valence-electron chi connectivity index (χ4n) is 0.855. The minimum Gasteiger partial charge on any atom is -0.396 e. The summed E-state index contributed by atoms with van der Waals surface area (Å²) in [4.78, 5) is 1.13. The second-order valence-electron chi connectivity index (χ2n) is 2.37. The maximum atomic E-state index is 8.76. The van der Waals surface area contributed by atoms with E-state index >= 15 is 0 Å². The van der Waals surface area contributed by atoms with Gasteiger partial charge in [-0.3, -0.25) is 0 Å². The van der Waals surface area contributed by atoms with Crippen LogP contribution in [0.25, 0.3) is 0 Å². The molecule has 2 nitrogen and oxygen atoms in total. The number of benzene rings is 1. The van der Waals surface area contributed by atoms with E-state index in [9.17, 15) is 0 Å². The Labute approximate surface area is 76.2 Å². The molecule has 0 radical (unpaired) electrons. The summed E-state index contributed by atoms with van der Waals surface area (Å²) in [5, 5.41) is 17.3. The van der Waals surface area contributed by atoms with Crippen LogP contribution in [0, 0.1) is 0 Å². The van der Waals surface area contributed by atoms with Gasteiger partial charge in [0.25, 0.3) is 0 Å². The topological polar surface area (TPSA) is 40.5 Å². The molecule has 1 aromatic carbocycles. The highest BCUT2D eigenvalue weighted by Crippen LogP contribution is 2.17. The summed E-state index contributed by atoms with van der Waals surface area (Å²) in [5.41, 5.74) is 0.920. The van der Waals surface area contributed by atoms with Gasteiger partial charge in [-0.1, -0.05) is 12.1 Å². The summed E-state index contributed by atoms with van der Waals surface area (Å²) in [5.74, 6) is 0.721. The Bertz CT molecular complexity index is 220. The first kappa shape index (κ1) is 9.58. The highest BCUT2D eigenvalue weighted by molar-refractivity contribution is 7.99. The summed E-state index contributed by atoms with van der Waals surface area (Å²) in [6.07, 6.45) is 0. The van der Waals surface area contributed by atoms with Crippen LogP contribution in [0.4, 0.5) is 0 Å². The van der Waals surface area contributed by atoms with Crippen LogP contribution < -0.4 is 0 Å². The number of hydrogen-bond acceptors (Lipinski definition) is 3. The molecule has 66 valence electrons. The first-order valence-electron chi connectivity index (χ1n) is 3.80. The highest BCUT2D eigenvalue weighted by Gasteiger charge is 1.93. The Kier molecular flexibility index (Phi) is 4.14. The van der Waals surface area contributed by atoms with Crippen LogP contribution in [0.5, 0.6) is 0 Å². The molecule has 0 aliphatic rings. The third kappa shape index (κ3) is 2.85. The molecule has 0 spiro atoms. The van der Waals surface area contributed by atoms with E-state index in [2.05, 4.69) is 0 Å². The molecular formula is C9H12O2S. The molecule has 1 rings (SSSR count). The second-order valence-corrected chi connectivity index (χ2v) is 3.54. The van der Waals surface area contributed by atoms with Gasteiger partial charge in [-0.05, 0) is 17.7 Å². The van der Waals surface area contributed by atoms with Crippen molar-refractivity contribution < 1.29 is 10.2 Å². The normalized spacial score (nSPS) is 10.2. The zero-order valence-corrected chi connectivity index (χ0v) is 7.55. The minimum atomic E-state index is 0.0882. The van der Waals surface area contributed by atoms with Gasteiger partial charge in [0.05, 0.1) is 13.2 Å². The molecule has 0 fully saturated rings. The standard InChI is InChI=1S/C9H12O2S/c10-5-6-12-9-3-1-8(7-11)2-4-9/h1-4,10-11H,5-7H2. The van der Waals surface area contributed by atoms with Gasteiger partial charge in [0, 0.05) is 10.6 Å². The first-order valence-corrected chi connectivity index (χ1v) is 4.79. The lowest BCUT2D eigenvalue weighted by Gasteiger charge is -2.00. The van der Waals surface area contributed by atoms with Crippen LogP contribution in [0.15, 0.2) is 29.2 Å². The molecule has 0 saturated heterocycles. The van der Waals surface area contributed by atoms with Gasteiger partial charge < -0.3 is 10.2 Å². The van der Waals surface area contributed by atoms with Gasteiger partial charge >= 0.3 is 0 Å². The maximum absolute atomic E-state index is 8.76. The highest BCUT2D eigenvalue weighted by atomic mass is 32.2. The van der Waals surface area contributed by atoms with Gasteiger partial charge in [0.15, 0.2) is 0 Å². The summed E-state index contributed by atoms with van der Waals surface area (Å²) in [7, 11) is 0. The van der Waals surface area contributed by atoms with E-state index < -0.39 is 0 Å². The van der Waals surface area contributed by atoms with Gasteiger partial charge in [0.1, 0.15) is 0 Å². The van der Waals surface area contributed by atoms with E-state index in [1.54, 1.807) is 11.8 Å². The molecule has 2 N–H and O–H groups in total. The molecule has 0 unspecified atom stereocenters. The largest absolute Gasteiger partial charge is 0.396 e. The van der Waals surface area contributed by atoms with Crippen molar-refractivity contribution in [1.29, 1.82) is 0 Å². The van der Waals surface area contributed by atoms with E-state index in [0.29, 0.717) is 0 Å². The summed E-state index contributed by atoms with van der Waals surface area (Å²) < 4.78 is 0. The molecule has 0 amide bonds. The monoisotopic (exact) mass is 184 g/mol. The van der Waals surface area contributed by atoms with Crippen LogP contribution >= 0.6 is 11.8 Å². The Morgan fingerprint density at radius 1 is 1.08 bits per heavy atom. The third-order valence-electron chi connectivity index (χ3n) is 1.47. The molecule has 0 atom stereocenters. The number of aliphatic hydroxyl groups is 2. The van der Waals surface area contributed by atoms with Crippen LogP contribution in [0.3, 0.4) is 0 Å².